The maximum Gasteiger partial charge on any atom is 0.303 e. The summed E-state index contributed by atoms with van der Waals surface area (Å²) in [5.41, 5.74) is 2.89. The third-order valence-electron chi connectivity index (χ3n) is 4.67. The van der Waals surface area contributed by atoms with Gasteiger partial charge in [0, 0.05) is 31.3 Å². The van der Waals surface area contributed by atoms with Gasteiger partial charge in [0.2, 0.25) is 0 Å². The standard InChI is InChI=1S/C19H22FN3O3/c1-22(11-5-10-17(24)25)19(26)18-15-8-2-3-9-16(15)23(21-18)14-7-4-6-13(20)12-14/h4,6-7,12H,2-3,5,8-11H2,1H3,(H,24,25). The molecule has 1 amide bonds. The van der Waals surface area contributed by atoms with Crippen LogP contribution in [0.1, 0.15) is 47.4 Å². The fourth-order valence-corrected chi connectivity index (χ4v) is 3.34. The topological polar surface area (TPSA) is 75.4 Å². The van der Waals surface area contributed by atoms with Gasteiger partial charge in [-0.05, 0) is 50.3 Å². The number of carbonyl (C=O) groups is 2. The fraction of sp³-hybridized carbons (Fsp3) is 0.421. The van der Waals surface area contributed by atoms with E-state index in [-0.39, 0.29) is 18.1 Å². The largest absolute Gasteiger partial charge is 0.481 e. The van der Waals surface area contributed by atoms with Crippen molar-refractivity contribution in [3.8, 4) is 5.69 Å². The van der Waals surface area contributed by atoms with E-state index in [1.165, 1.54) is 17.0 Å². The van der Waals surface area contributed by atoms with Crippen LogP contribution < -0.4 is 0 Å². The number of hydrogen-bond donors (Lipinski definition) is 1. The predicted octanol–water partition coefficient (Wildman–Crippen LogP) is 2.83. The number of carbonyl (C=O) groups excluding carboxylic acids is 1. The normalized spacial score (nSPS) is 13.3. The third kappa shape index (κ3) is 3.76. The highest BCUT2D eigenvalue weighted by molar-refractivity contribution is 5.94. The lowest BCUT2D eigenvalue weighted by molar-refractivity contribution is -0.137. The van der Waals surface area contributed by atoms with Crippen molar-refractivity contribution >= 4 is 11.9 Å². The highest BCUT2D eigenvalue weighted by Gasteiger charge is 2.27. The summed E-state index contributed by atoms with van der Waals surface area (Å²) in [6.07, 6.45) is 3.99. The number of benzene rings is 1. The van der Waals surface area contributed by atoms with Crippen LogP contribution in [0.15, 0.2) is 24.3 Å². The molecule has 1 aromatic heterocycles. The molecule has 0 fully saturated rings. The predicted molar refractivity (Wildman–Crippen MR) is 94.0 cm³/mol. The molecule has 1 N–H and O–H groups in total. The van der Waals surface area contributed by atoms with Gasteiger partial charge in [-0.25, -0.2) is 9.07 Å². The molecule has 7 heteroatoms. The van der Waals surface area contributed by atoms with Gasteiger partial charge in [0.05, 0.1) is 5.69 Å². The summed E-state index contributed by atoms with van der Waals surface area (Å²) >= 11 is 0. The van der Waals surface area contributed by atoms with Crippen molar-refractivity contribution in [2.45, 2.75) is 38.5 Å². The van der Waals surface area contributed by atoms with Crippen molar-refractivity contribution < 1.29 is 19.1 Å². The van der Waals surface area contributed by atoms with Crippen LogP contribution in [-0.4, -0.2) is 45.3 Å². The number of amides is 1. The van der Waals surface area contributed by atoms with Gasteiger partial charge >= 0.3 is 5.97 Å². The molecule has 0 aliphatic heterocycles. The van der Waals surface area contributed by atoms with Crippen LogP contribution in [0.5, 0.6) is 0 Å². The monoisotopic (exact) mass is 359 g/mol. The number of nitrogens with zero attached hydrogens (tertiary/aromatic N) is 3. The Morgan fingerprint density at radius 1 is 1.31 bits per heavy atom. The molecule has 6 nitrogen and oxygen atoms in total. The van der Waals surface area contributed by atoms with Crippen LogP contribution in [0.25, 0.3) is 5.69 Å². The van der Waals surface area contributed by atoms with E-state index in [1.807, 2.05) is 0 Å². The maximum absolute atomic E-state index is 13.6. The fourth-order valence-electron chi connectivity index (χ4n) is 3.34. The Balaban J connectivity index is 1.90. The Bertz CT molecular complexity index is 831. The van der Waals surface area contributed by atoms with Gasteiger partial charge in [-0.1, -0.05) is 6.07 Å². The lowest BCUT2D eigenvalue weighted by Gasteiger charge is -2.17. The van der Waals surface area contributed by atoms with Gasteiger partial charge in [-0.3, -0.25) is 9.59 Å². The number of aromatic nitrogens is 2. The van der Waals surface area contributed by atoms with Crippen LogP contribution in [0.3, 0.4) is 0 Å². The molecule has 1 aliphatic rings. The average molecular weight is 359 g/mol. The van der Waals surface area contributed by atoms with E-state index in [2.05, 4.69) is 5.10 Å². The Morgan fingerprint density at radius 3 is 2.81 bits per heavy atom. The molecule has 3 rings (SSSR count). The van der Waals surface area contributed by atoms with Crippen LogP contribution in [0.2, 0.25) is 0 Å². The minimum Gasteiger partial charge on any atom is -0.481 e. The van der Waals surface area contributed by atoms with Crippen molar-refractivity contribution in [3.63, 3.8) is 0 Å². The van der Waals surface area contributed by atoms with Gasteiger partial charge < -0.3 is 10.0 Å². The quantitative estimate of drug-likeness (QED) is 0.861. The lowest BCUT2D eigenvalue weighted by atomic mass is 9.95. The number of hydrogen-bond acceptors (Lipinski definition) is 3. The number of fused-ring (bicyclic) bond motifs is 1. The summed E-state index contributed by atoms with van der Waals surface area (Å²) in [7, 11) is 1.65. The van der Waals surface area contributed by atoms with Crippen LogP contribution in [0.4, 0.5) is 4.39 Å². The summed E-state index contributed by atoms with van der Waals surface area (Å²) < 4.78 is 15.3. The molecule has 0 spiro atoms. The molecule has 0 bridgehead atoms. The van der Waals surface area contributed by atoms with E-state index in [1.54, 1.807) is 23.9 Å². The second-order valence-electron chi connectivity index (χ2n) is 6.60. The number of aliphatic carboxylic acids is 1. The number of halogens is 1. The van der Waals surface area contributed by atoms with Crippen molar-refractivity contribution in [2.24, 2.45) is 0 Å². The second kappa shape index (κ2) is 7.68. The molecule has 0 saturated carbocycles. The molecule has 138 valence electrons. The zero-order valence-corrected chi connectivity index (χ0v) is 14.7. The molecule has 1 aromatic carbocycles. The summed E-state index contributed by atoms with van der Waals surface area (Å²) in [5, 5.41) is 13.3. The van der Waals surface area contributed by atoms with E-state index in [0.717, 1.165) is 36.9 Å². The molecule has 26 heavy (non-hydrogen) atoms. The second-order valence-corrected chi connectivity index (χ2v) is 6.60. The molecule has 0 unspecified atom stereocenters. The minimum absolute atomic E-state index is 0.0213. The van der Waals surface area contributed by atoms with Gasteiger partial charge in [0.1, 0.15) is 5.82 Å². The Kier molecular flexibility index (Phi) is 5.35. The zero-order chi connectivity index (χ0) is 18.7. The smallest absolute Gasteiger partial charge is 0.303 e. The van der Waals surface area contributed by atoms with Crippen LogP contribution >= 0.6 is 0 Å². The summed E-state index contributed by atoms with van der Waals surface area (Å²) in [5.74, 6) is -1.44. The van der Waals surface area contributed by atoms with E-state index < -0.39 is 5.97 Å². The number of carboxylic acids is 1. The maximum atomic E-state index is 13.6. The Hall–Kier alpha value is -2.70. The summed E-state index contributed by atoms with van der Waals surface area (Å²) in [4.78, 5) is 25.0. The SMILES string of the molecule is CN(CCCC(=O)O)C(=O)c1nn(-c2cccc(F)c2)c2c1CCCC2. The summed E-state index contributed by atoms with van der Waals surface area (Å²) in [6.45, 7) is 0.354. The first-order valence-corrected chi connectivity index (χ1v) is 8.81. The lowest BCUT2D eigenvalue weighted by Crippen LogP contribution is -2.29. The zero-order valence-electron chi connectivity index (χ0n) is 14.7. The minimum atomic E-state index is -0.876. The van der Waals surface area contributed by atoms with Gasteiger partial charge in [0.15, 0.2) is 5.69 Å². The summed E-state index contributed by atoms with van der Waals surface area (Å²) in [6, 6.07) is 6.19. The van der Waals surface area contributed by atoms with Gasteiger partial charge in [0.25, 0.3) is 5.91 Å². The number of carboxylic acid groups (broad SMARTS) is 1. The van der Waals surface area contributed by atoms with Crippen molar-refractivity contribution in [2.75, 3.05) is 13.6 Å². The molecule has 1 heterocycles. The van der Waals surface area contributed by atoms with E-state index >= 15 is 0 Å². The highest BCUT2D eigenvalue weighted by Crippen LogP contribution is 2.28. The van der Waals surface area contributed by atoms with E-state index in [9.17, 15) is 14.0 Å². The molecule has 0 radical (unpaired) electrons. The van der Waals surface area contributed by atoms with Crippen molar-refractivity contribution in [3.05, 3.63) is 47.0 Å². The van der Waals surface area contributed by atoms with Crippen molar-refractivity contribution in [1.82, 2.24) is 14.7 Å². The van der Waals surface area contributed by atoms with Gasteiger partial charge in [-0.2, -0.15) is 5.10 Å². The first-order valence-electron chi connectivity index (χ1n) is 8.81. The molecule has 2 aromatic rings. The van der Waals surface area contributed by atoms with Crippen LogP contribution in [-0.2, 0) is 17.6 Å². The van der Waals surface area contributed by atoms with Crippen LogP contribution in [0, 0.1) is 5.82 Å². The molecular formula is C19H22FN3O3. The molecule has 0 saturated heterocycles. The Morgan fingerprint density at radius 2 is 2.08 bits per heavy atom. The van der Waals surface area contributed by atoms with E-state index in [0.29, 0.717) is 24.3 Å². The van der Waals surface area contributed by atoms with E-state index in [4.69, 9.17) is 5.11 Å². The first-order chi connectivity index (χ1) is 12.5. The molecular weight excluding hydrogens is 337 g/mol. The first kappa shape index (κ1) is 18.1. The average Bonchev–Trinajstić information content (AvgIpc) is 3.00. The Labute approximate surface area is 151 Å². The molecule has 1 aliphatic carbocycles. The highest BCUT2D eigenvalue weighted by atomic mass is 19.1. The molecule has 0 atom stereocenters. The number of rotatable bonds is 6. The van der Waals surface area contributed by atoms with Crippen molar-refractivity contribution in [1.29, 1.82) is 0 Å². The third-order valence-corrected chi connectivity index (χ3v) is 4.67. The van der Waals surface area contributed by atoms with Gasteiger partial charge in [-0.15, -0.1) is 0 Å².